The molecule has 2 nitrogen and oxygen atoms in total. The van der Waals surface area contributed by atoms with Crippen LogP contribution in [0.5, 0.6) is 0 Å². The minimum Gasteiger partial charge on any atom is -0.346 e. The maximum absolute atomic E-state index is 13.7. The Balaban J connectivity index is 2.22. The summed E-state index contributed by atoms with van der Waals surface area (Å²) >= 11 is 0.791. The highest BCUT2D eigenvalue weighted by Crippen LogP contribution is 2.38. The van der Waals surface area contributed by atoms with E-state index in [1.807, 2.05) is 0 Å². The molecule has 3 rings (SSSR count). The fourth-order valence-corrected chi connectivity index (χ4v) is 2.77. The molecule has 0 unspecified atom stereocenters. The van der Waals surface area contributed by atoms with Crippen LogP contribution in [0.3, 0.4) is 0 Å². The average molecular weight is 242 g/mol. The van der Waals surface area contributed by atoms with Gasteiger partial charge in [-0.15, -0.1) is 11.3 Å². The van der Waals surface area contributed by atoms with Crippen LogP contribution in [0.25, 0.3) is 10.1 Å². The van der Waals surface area contributed by atoms with Gasteiger partial charge in [-0.1, -0.05) is 12.1 Å². The van der Waals surface area contributed by atoms with Gasteiger partial charge in [0.1, 0.15) is 5.82 Å². The van der Waals surface area contributed by atoms with Crippen LogP contribution in [0, 0.1) is 10.9 Å². The second-order valence-electron chi connectivity index (χ2n) is 3.48. The maximum Gasteiger partial charge on any atom is 0.188 e. The monoisotopic (exact) mass is 242 g/mol. The molecule has 0 spiro atoms. The van der Waals surface area contributed by atoms with Gasteiger partial charge >= 0.3 is 0 Å². The molecule has 1 fully saturated rings. The third kappa shape index (κ3) is 1.43. The molecule has 2 heterocycles. The predicted octanol–water partition coefficient (Wildman–Crippen LogP) is 3.22. The molecule has 84 valence electrons. The van der Waals surface area contributed by atoms with E-state index in [4.69, 9.17) is 9.47 Å². The van der Waals surface area contributed by atoms with Crippen molar-refractivity contribution in [1.82, 2.24) is 0 Å². The van der Waals surface area contributed by atoms with Gasteiger partial charge in [-0.25, -0.2) is 4.39 Å². The van der Waals surface area contributed by atoms with Crippen molar-refractivity contribution in [3.05, 3.63) is 34.7 Å². The van der Waals surface area contributed by atoms with Crippen LogP contribution in [0.2, 0.25) is 0 Å². The topological polar surface area (TPSA) is 18.5 Å². The van der Waals surface area contributed by atoms with Crippen molar-refractivity contribution in [2.24, 2.45) is 0 Å². The van der Waals surface area contributed by atoms with Crippen LogP contribution < -0.4 is 0 Å². The molecule has 0 amide bonds. The third-order valence-electron chi connectivity index (χ3n) is 2.52. The fourth-order valence-electron chi connectivity index (χ4n) is 1.82. The molecular weight excluding hydrogens is 234 g/mol. The Hall–Kier alpha value is -1.04. The highest BCUT2D eigenvalue weighted by molar-refractivity contribution is 7.17. The van der Waals surface area contributed by atoms with E-state index in [-0.39, 0.29) is 0 Å². The number of fused-ring (bicyclic) bond motifs is 1. The van der Waals surface area contributed by atoms with E-state index < -0.39 is 17.2 Å². The molecule has 1 aliphatic heterocycles. The molecule has 0 aliphatic carbocycles. The second kappa shape index (κ2) is 3.76. The van der Waals surface area contributed by atoms with E-state index in [2.05, 4.69) is 0 Å². The largest absolute Gasteiger partial charge is 0.346 e. The first kappa shape index (κ1) is 10.1. The van der Waals surface area contributed by atoms with E-state index in [1.54, 1.807) is 12.1 Å². The molecule has 0 N–H and O–H groups in total. The normalized spacial score (nSPS) is 17.4. The van der Waals surface area contributed by atoms with E-state index in [9.17, 15) is 8.78 Å². The summed E-state index contributed by atoms with van der Waals surface area (Å²) in [7, 11) is 0. The SMILES string of the molecule is Fc1sc2c(F)cccc2c1C1OCCO1. The first-order chi connectivity index (χ1) is 7.77. The van der Waals surface area contributed by atoms with Crippen LogP contribution >= 0.6 is 11.3 Å². The van der Waals surface area contributed by atoms with Gasteiger partial charge < -0.3 is 9.47 Å². The molecule has 0 bridgehead atoms. The highest BCUT2D eigenvalue weighted by atomic mass is 32.1. The third-order valence-corrected chi connectivity index (χ3v) is 3.54. The first-order valence-corrected chi connectivity index (χ1v) is 5.68. The molecule has 5 heteroatoms. The fraction of sp³-hybridized carbons (Fsp3) is 0.273. The van der Waals surface area contributed by atoms with Gasteiger partial charge in [0.2, 0.25) is 0 Å². The number of ether oxygens (including phenoxy) is 2. The maximum atomic E-state index is 13.7. The van der Waals surface area contributed by atoms with Crippen molar-refractivity contribution in [2.75, 3.05) is 13.2 Å². The van der Waals surface area contributed by atoms with Crippen LogP contribution in [-0.2, 0) is 9.47 Å². The van der Waals surface area contributed by atoms with Gasteiger partial charge in [0, 0.05) is 5.39 Å². The molecule has 0 radical (unpaired) electrons. The minimum atomic E-state index is -0.699. The summed E-state index contributed by atoms with van der Waals surface area (Å²) in [5.74, 6) is -0.411. The minimum absolute atomic E-state index is 0.314. The summed E-state index contributed by atoms with van der Waals surface area (Å²) in [5.41, 5.74) is 0.317. The number of benzene rings is 1. The molecule has 1 aromatic heterocycles. The summed E-state index contributed by atoms with van der Waals surface area (Å²) in [6.07, 6.45) is -0.699. The smallest absolute Gasteiger partial charge is 0.188 e. The Morgan fingerprint density at radius 1 is 1.19 bits per heavy atom. The highest BCUT2D eigenvalue weighted by Gasteiger charge is 2.27. The zero-order valence-corrected chi connectivity index (χ0v) is 9.02. The molecule has 0 atom stereocenters. The molecule has 1 aliphatic rings. The molecular formula is C11H8F2O2S. The molecule has 2 aromatic rings. The Morgan fingerprint density at radius 2 is 1.94 bits per heavy atom. The predicted molar refractivity (Wildman–Crippen MR) is 56.4 cm³/mol. The Kier molecular flexibility index (Phi) is 2.38. The van der Waals surface area contributed by atoms with Gasteiger partial charge in [-0.2, -0.15) is 4.39 Å². The zero-order chi connectivity index (χ0) is 11.1. The van der Waals surface area contributed by atoms with Crippen molar-refractivity contribution < 1.29 is 18.3 Å². The van der Waals surface area contributed by atoms with Crippen LogP contribution in [0.4, 0.5) is 8.78 Å². The van der Waals surface area contributed by atoms with Crippen molar-refractivity contribution in [2.45, 2.75) is 6.29 Å². The Morgan fingerprint density at radius 3 is 2.69 bits per heavy atom. The van der Waals surface area contributed by atoms with Crippen molar-refractivity contribution >= 4 is 21.4 Å². The van der Waals surface area contributed by atoms with E-state index in [0.29, 0.717) is 28.9 Å². The van der Waals surface area contributed by atoms with Gasteiger partial charge in [0.25, 0.3) is 0 Å². The number of hydrogen-bond acceptors (Lipinski definition) is 3. The average Bonchev–Trinajstić information content (AvgIpc) is 2.85. The van der Waals surface area contributed by atoms with Gasteiger partial charge in [-0.3, -0.25) is 0 Å². The first-order valence-electron chi connectivity index (χ1n) is 4.87. The summed E-state index contributed by atoms with van der Waals surface area (Å²) in [5, 5.41) is 0.0985. The van der Waals surface area contributed by atoms with Crippen molar-refractivity contribution in [1.29, 1.82) is 0 Å². The second-order valence-corrected chi connectivity index (χ2v) is 4.45. The van der Waals surface area contributed by atoms with Gasteiger partial charge in [0.15, 0.2) is 11.4 Å². The Labute approximate surface area is 94.4 Å². The quantitative estimate of drug-likeness (QED) is 0.764. The van der Waals surface area contributed by atoms with Crippen molar-refractivity contribution in [3.8, 4) is 0 Å². The molecule has 16 heavy (non-hydrogen) atoms. The summed E-state index contributed by atoms with van der Waals surface area (Å²) in [6, 6.07) is 4.55. The van der Waals surface area contributed by atoms with Gasteiger partial charge in [-0.05, 0) is 6.07 Å². The summed E-state index contributed by atoms with van der Waals surface area (Å²) < 4.78 is 38.0. The lowest BCUT2D eigenvalue weighted by atomic mass is 10.1. The summed E-state index contributed by atoms with van der Waals surface area (Å²) in [4.78, 5) is 0. The van der Waals surface area contributed by atoms with E-state index in [1.165, 1.54) is 6.07 Å². The van der Waals surface area contributed by atoms with Crippen LogP contribution in [-0.4, -0.2) is 13.2 Å². The number of hydrogen-bond donors (Lipinski definition) is 0. The molecule has 1 saturated heterocycles. The molecule has 0 saturated carbocycles. The standard InChI is InChI=1S/C11H8F2O2S/c12-7-3-1-2-6-8(10(13)16-9(6)7)11-14-4-5-15-11/h1-3,11H,4-5H2. The number of thiophene rings is 1. The lowest BCUT2D eigenvalue weighted by Gasteiger charge is -2.07. The lowest BCUT2D eigenvalue weighted by Crippen LogP contribution is -1.98. The number of halogens is 2. The number of rotatable bonds is 1. The Bertz CT molecular complexity index is 532. The van der Waals surface area contributed by atoms with Gasteiger partial charge in [0.05, 0.1) is 23.5 Å². The summed E-state index contributed by atoms with van der Waals surface area (Å²) in [6.45, 7) is 0.882. The van der Waals surface area contributed by atoms with E-state index >= 15 is 0 Å². The van der Waals surface area contributed by atoms with Crippen LogP contribution in [0.1, 0.15) is 11.9 Å². The van der Waals surface area contributed by atoms with E-state index in [0.717, 1.165) is 11.3 Å². The molecule has 1 aromatic carbocycles. The van der Waals surface area contributed by atoms with Crippen LogP contribution in [0.15, 0.2) is 18.2 Å². The lowest BCUT2D eigenvalue weighted by molar-refractivity contribution is -0.0448. The van der Waals surface area contributed by atoms with Crippen molar-refractivity contribution in [3.63, 3.8) is 0 Å². The zero-order valence-electron chi connectivity index (χ0n) is 8.20.